The predicted octanol–water partition coefficient (Wildman–Crippen LogP) is 3.80. The van der Waals surface area contributed by atoms with Gasteiger partial charge in [0.1, 0.15) is 12.4 Å². The van der Waals surface area contributed by atoms with Crippen LogP contribution in [0.15, 0.2) is 54.6 Å². The van der Waals surface area contributed by atoms with Crippen molar-refractivity contribution in [2.45, 2.75) is 44.8 Å². The average molecular weight is 417 g/mol. The van der Waals surface area contributed by atoms with Gasteiger partial charge in [0, 0.05) is 11.7 Å². The minimum absolute atomic E-state index is 0.0849. The molecule has 0 bridgehead atoms. The van der Waals surface area contributed by atoms with Crippen LogP contribution in [0.1, 0.15) is 37.7 Å². The summed E-state index contributed by atoms with van der Waals surface area (Å²) in [4.78, 5) is 12.5. The molecule has 0 unspecified atom stereocenters. The topological polar surface area (TPSA) is 75.7 Å². The zero-order valence-electron chi connectivity index (χ0n) is 16.7. The molecule has 1 aliphatic carbocycles. The summed E-state index contributed by atoms with van der Waals surface area (Å²) in [5, 5.41) is 2.78. The second-order valence-corrected chi connectivity index (χ2v) is 9.38. The molecule has 0 spiro atoms. The number of amides is 1. The molecule has 2 aromatic rings. The van der Waals surface area contributed by atoms with Crippen molar-refractivity contribution in [1.29, 1.82) is 0 Å². The minimum Gasteiger partial charge on any atom is -0.489 e. The summed E-state index contributed by atoms with van der Waals surface area (Å²) in [5.41, 5.74) is 1.69. The summed E-state index contributed by atoms with van der Waals surface area (Å²) in [6, 6.07) is 16.9. The third kappa shape index (κ3) is 6.58. The van der Waals surface area contributed by atoms with Crippen molar-refractivity contribution in [2.75, 3.05) is 18.1 Å². The molecule has 6 nitrogen and oxygen atoms in total. The van der Waals surface area contributed by atoms with Crippen LogP contribution in [-0.4, -0.2) is 37.5 Å². The zero-order chi connectivity index (χ0) is 20.7. The van der Waals surface area contributed by atoms with Crippen LogP contribution in [0.5, 0.6) is 5.75 Å². The van der Waals surface area contributed by atoms with Crippen LogP contribution in [0.4, 0.5) is 5.69 Å². The lowest BCUT2D eigenvalue weighted by Crippen LogP contribution is -2.45. The van der Waals surface area contributed by atoms with Crippen LogP contribution < -0.4 is 10.1 Å². The molecule has 0 saturated heterocycles. The van der Waals surface area contributed by atoms with E-state index in [1.54, 1.807) is 24.3 Å². The molecule has 1 fully saturated rings. The van der Waals surface area contributed by atoms with Crippen molar-refractivity contribution in [1.82, 2.24) is 4.31 Å². The average Bonchev–Trinajstić information content (AvgIpc) is 2.72. The first-order valence-electron chi connectivity index (χ1n) is 9.95. The number of hydrogen-bond donors (Lipinski definition) is 1. The Kier molecular flexibility index (Phi) is 7.28. The van der Waals surface area contributed by atoms with Gasteiger partial charge in [-0.25, -0.2) is 8.42 Å². The van der Waals surface area contributed by atoms with Gasteiger partial charge in [-0.1, -0.05) is 49.6 Å². The largest absolute Gasteiger partial charge is 0.489 e. The fraction of sp³-hybridized carbons (Fsp3) is 0.409. The van der Waals surface area contributed by atoms with Gasteiger partial charge < -0.3 is 10.1 Å². The Morgan fingerprint density at radius 1 is 1.03 bits per heavy atom. The number of carbonyl (C=O) groups excluding carboxylic acids is 1. The van der Waals surface area contributed by atoms with E-state index < -0.39 is 10.0 Å². The van der Waals surface area contributed by atoms with E-state index in [0.717, 1.165) is 37.7 Å². The van der Waals surface area contributed by atoms with Crippen LogP contribution in [0, 0.1) is 0 Å². The highest BCUT2D eigenvalue weighted by Gasteiger charge is 2.29. The van der Waals surface area contributed by atoms with Crippen LogP contribution in [0.3, 0.4) is 0 Å². The number of nitrogens with one attached hydrogen (secondary N) is 1. The maximum absolute atomic E-state index is 12.5. The molecular formula is C22H28N2O4S. The van der Waals surface area contributed by atoms with Gasteiger partial charge in [-0.3, -0.25) is 4.79 Å². The number of sulfonamides is 1. The molecule has 0 aliphatic heterocycles. The van der Waals surface area contributed by atoms with E-state index in [0.29, 0.717) is 18.0 Å². The maximum atomic E-state index is 12.5. The fourth-order valence-electron chi connectivity index (χ4n) is 3.60. The maximum Gasteiger partial charge on any atom is 0.239 e. The minimum atomic E-state index is -3.44. The fourth-order valence-corrected chi connectivity index (χ4v) is 4.71. The summed E-state index contributed by atoms with van der Waals surface area (Å²) in [7, 11) is -3.44. The molecule has 1 N–H and O–H groups in total. The van der Waals surface area contributed by atoms with Crippen molar-refractivity contribution in [3.63, 3.8) is 0 Å². The van der Waals surface area contributed by atoms with Gasteiger partial charge in [0.2, 0.25) is 15.9 Å². The number of carbonyl (C=O) groups is 1. The molecular weight excluding hydrogens is 388 g/mol. The summed E-state index contributed by atoms with van der Waals surface area (Å²) in [6.45, 7) is 0.313. The number of hydrogen-bond acceptors (Lipinski definition) is 4. The number of nitrogens with zero attached hydrogens (tertiary/aromatic N) is 1. The van der Waals surface area contributed by atoms with Gasteiger partial charge >= 0.3 is 0 Å². The van der Waals surface area contributed by atoms with Crippen molar-refractivity contribution in [2.24, 2.45) is 0 Å². The van der Waals surface area contributed by atoms with Crippen molar-refractivity contribution in [3.8, 4) is 5.75 Å². The van der Waals surface area contributed by atoms with Crippen molar-refractivity contribution >= 4 is 21.6 Å². The third-order valence-electron chi connectivity index (χ3n) is 5.09. The highest BCUT2D eigenvalue weighted by molar-refractivity contribution is 7.88. The Labute approximate surface area is 172 Å². The van der Waals surface area contributed by atoms with Gasteiger partial charge in [0.05, 0.1) is 12.8 Å². The first kappa shape index (κ1) is 21.3. The molecule has 0 atom stereocenters. The molecule has 0 heterocycles. The van der Waals surface area contributed by atoms with Gasteiger partial charge in [0.15, 0.2) is 0 Å². The molecule has 1 saturated carbocycles. The molecule has 156 valence electrons. The standard InChI is InChI=1S/C22H28N2O4S/c1-29(26,27)24(20-10-6-3-7-11-20)16-22(25)23-19-12-14-21(15-13-19)28-17-18-8-4-2-5-9-18/h2,4-5,8-9,12-15,20H,3,6-7,10-11,16-17H2,1H3,(H,23,25). The Bertz CT molecular complexity index is 892. The molecule has 7 heteroatoms. The molecule has 1 amide bonds. The highest BCUT2D eigenvalue weighted by Crippen LogP contribution is 2.24. The summed E-state index contributed by atoms with van der Waals surface area (Å²) < 4.78 is 31.4. The summed E-state index contributed by atoms with van der Waals surface area (Å²) in [6.07, 6.45) is 5.93. The lowest BCUT2D eigenvalue weighted by Gasteiger charge is -2.31. The molecule has 3 rings (SSSR count). The second kappa shape index (κ2) is 9.89. The first-order valence-corrected chi connectivity index (χ1v) is 11.8. The predicted molar refractivity (Wildman–Crippen MR) is 114 cm³/mol. The first-order chi connectivity index (χ1) is 13.9. The van der Waals surface area contributed by atoms with Crippen LogP contribution in [0.2, 0.25) is 0 Å². The lowest BCUT2D eigenvalue weighted by atomic mass is 9.95. The van der Waals surface area contributed by atoms with Gasteiger partial charge in [-0.15, -0.1) is 0 Å². The second-order valence-electron chi connectivity index (χ2n) is 7.45. The smallest absolute Gasteiger partial charge is 0.239 e. The molecule has 29 heavy (non-hydrogen) atoms. The Balaban J connectivity index is 1.55. The summed E-state index contributed by atoms with van der Waals surface area (Å²) in [5.74, 6) is 0.366. The normalized spacial score (nSPS) is 15.2. The van der Waals surface area contributed by atoms with E-state index in [-0.39, 0.29) is 18.5 Å². The Morgan fingerprint density at radius 2 is 1.69 bits per heavy atom. The number of rotatable bonds is 8. The summed E-state index contributed by atoms with van der Waals surface area (Å²) >= 11 is 0. The molecule has 0 radical (unpaired) electrons. The Morgan fingerprint density at radius 3 is 2.31 bits per heavy atom. The van der Waals surface area contributed by atoms with Crippen LogP contribution in [-0.2, 0) is 21.4 Å². The molecule has 0 aromatic heterocycles. The van der Waals surface area contributed by atoms with E-state index in [2.05, 4.69) is 5.32 Å². The van der Waals surface area contributed by atoms with Gasteiger partial charge in [-0.2, -0.15) is 4.31 Å². The molecule has 2 aromatic carbocycles. The monoisotopic (exact) mass is 416 g/mol. The molecule has 1 aliphatic rings. The van der Waals surface area contributed by atoms with Gasteiger partial charge in [0.25, 0.3) is 0 Å². The van der Waals surface area contributed by atoms with Crippen molar-refractivity contribution in [3.05, 3.63) is 60.2 Å². The number of benzene rings is 2. The number of ether oxygens (including phenoxy) is 1. The van der Waals surface area contributed by atoms with E-state index >= 15 is 0 Å². The van der Waals surface area contributed by atoms with Crippen LogP contribution >= 0.6 is 0 Å². The van der Waals surface area contributed by atoms with Crippen molar-refractivity contribution < 1.29 is 17.9 Å². The van der Waals surface area contributed by atoms with Crippen LogP contribution in [0.25, 0.3) is 0 Å². The van der Waals surface area contributed by atoms with E-state index in [4.69, 9.17) is 4.74 Å². The quantitative estimate of drug-likeness (QED) is 0.710. The zero-order valence-corrected chi connectivity index (χ0v) is 17.5. The van der Waals surface area contributed by atoms with E-state index in [9.17, 15) is 13.2 Å². The lowest BCUT2D eigenvalue weighted by molar-refractivity contribution is -0.116. The SMILES string of the molecule is CS(=O)(=O)N(CC(=O)Nc1ccc(OCc2ccccc2)cc1)C1CCCCC1. The third-order valence-corrected chi connectivity index (χ3v) is 6.37. The number of anilines is 1. The van der Waals surface area contributed by atoms with E-state index in [1.165, 1.54) is 10.6 Å². The highest BCUT2D eigenvalue weighted by atomic mass is 32.2. The van der Waals surface area contributed by atoms with Gasteiger partial charge in [-0.05, 0) is 42.7 Å². The Hall–Kier alpha value is -2.38. The van der Waals surface area contributed by atoms with E-state index in [1.807, 2.05) is 30.3 Å².